The van der Waals surface area contributed by atoms with E-state index in [0.29, 0.717) is 23.9 Å². The summed E-state index contributed by atoms with van der Waals surface area (Å²) in [7, 11) is -4.36. The number of ether oxygens (including phenoxy) is 1. The molecule has 3 N–H and O–H groups in total. The zero-order valence-corrected chi connectivity index (χ0v) is 21.6. The fourth-order valence-electron chi connectivity index (χ4n) is 3.37. The van der Waals surface area contributed by atoms with E-state index in [2.05, 4.69) is 16.4 Å². The molecule has 1 radical (unpaired) electrons. The number of carbonyl (C=O) groups is 1. The number of nitrogens with zero attached hydrogens (tertiary/aromatic N) is 2. The van der Waals surface area contributed by atoms with Crippen LogP contribution in [0.2, 0.25) is 0 Å². The van der Waals surface area contributed by atoms with E-state index >= 15 is 0 Å². The van der Waals surface area contributed by atoms with Crippen molar-refractivity contribution in [2.45, 2.75) is 25.8 Å². The largest absolute Gasteiger partial charge is 0.466 e. The fraction of sp³-hybridized carbons (Fsp3) is 0.208. The minimum Gasteiger partial charge on any atom is -0.466 e. The summed E-state index contributed by atoms with van der Waals surface area (Å²) in [6.45, 7) is 2.08. The third-order valence-corrected chi connectivity index (χ3v) is 7.15. The minimum absolute atomic E-state index is 0.0988. The molecule has 0 saturated carbocycles. The first-order valence-corrected chi connectivity index (χ1v) is 14.1. The molecule has 0 aliphatic heterocycles. The van der Waals surface area contributed by atoms with Gasteiger partial charge >= 0.3 is 16.3 Å². The van der Waals surface area contributed by atoms with Gasteiger partial charge in [0.05, 0.1) is 36.1 Å². The van der Waals surface area contributed by atoms with Crippen LogP contribution in [0, 0.1) is 6.07 Å². The maximum absolute atomic E-state index is 11.8. The van der Waals surface area contributed by atoms with Gasteiger partial charge < -0.3 is 10.1 Å². The fourth-order valence-corrected chi connectivity index (χ4v) is 5.44. The van der Waals surface area contributed by atoms with Gasteiger partial charge in [-0.15, -0.1) is 22.7 Å². The zero-order chi connectivity index (χ0) is 25.5. The molecule has 4 aromatic rings. The molecule has 4 rings (SSSR count). The van der Waals surface area contributed by atoms with E-state index in [1.165, 1.54) is 28.7 Å². The van der Waals surface area contributed by atoms with Crippen LogP contribution in [-0.4, -0.2) is 35.5 Å². The number of carbonyl (C=O) groups excluding carboxylic acids is 1. The number of rotatable bonds is 11. The number of nitrogens with one attached hydrogen (secondary N) is 2. The van der Waals surface area contributed by atoms with Crippen molar-refractivity contribution < 1.29 is 22.5 Å². The Morgan fingerprint density at radius 3 is 2.64 bits per heavy atom. The van der Waals surface area contributed by atoms with Crippen molar-refractivity contribution in [2.75, 3.05) is 16.6 Å². The van der Waals surface area contributed by atoms with Crippen molar-refractivity contribution in [1.29, 1.82) is 0 Å². The summed E-state index contributed by atoms with van der Waals surface area (Å²) >= 11 is 2.92. The molecule has 2 heterocycles. The smallest absolute Gasteiger partial charge is 0.357 e. The van der Waals surface area contributed by atoms with E-state index in [4.69, 9.17) is 14.3 Å². The van der Waals surface area contributed by atoms with Gasteiger partial charge in [0.2, 0.25) is 0 Å². The maximum Gasteiger partial charge on any atom is 0.357 e. The first-order valence-electron chi connectivity index (χ1n) is 10.9. The molecule has 12 heteroatoms. The summed E-state index contributed by atoms with van der Waals surface area (Å²) in [6.07, 6.45) is 0.582. The molecule has 36 heavy (non-hydrogen) atoms. The lowest BCUT2D eigenvalue weighted by Crippen LogP contribution is -2.15. The second kappa shape index (κ2) is 11.6. The van der Waals surface area contributed by atoms with Crippen molar-refractivity contribution in [3.05, 3.63) is 82.3 Å². The van der Waals surface area contributed by atoms with Gasteiger partial charge in [0.1, 0.15) is 5.01 Å². The highest BCUT2D eigenvalue weighted by Gasteiger charge is 2.19. The van der Waals surface area contributed by atoms with Gasteiger partial charge in [0, 0.05) is 16.3 Å². The molecule has 0 spiro atoms. The number of benzene rings is 2. The predicted octanol–water partition coefficient (Wildman–Crippen LogP) is 4.78. The van der Waals surface area contributed by atoms with Crippen molar-refractivity contribution in [3.8, 4) is 10.6 Å². The quantitative estimate of drug-likeness (QED) is 0.182. The number of hydrogen-bond acceptors (Lipinski definition) is 9. The normalized spacial score (nSPS) is 12.2. The van der Waals surface area contributed by atoms with E-state index in [1.54, 1.807) is 19.1 Å². The van der Waals surface area contributed by atoms with Crippen molar-refractivity contribution in [2.24, 2.45) is 0 Å². The van der Waals surface area contributed by atoms with Crippen molar-refractivity contribution >= 4 is 49.8 Å². The van der Waals surface area contributed by atoms with Crippen LogP contribution in [0.5, 0.6) is 0 Å². The average Bonchev–Trinajstić information content (AvgIpc) is 3.50. The highest BCUT2D eigenvalue weighted by Crippen LogP contribution is 2.31. The molecule has 1 atom stereocenters. The third-order valence-electron chi connectivity index (χ3n) is 4.93. The number of esters is 1. The Kier molecular flexibility index (Phi) is 8.31. The van der Waals surface area contributed by atoms with Crippen LogP contribution in [0.1, 0.15) is 29.9 Å². The van der Waals surface area contributed by atoms with Crippen LogP contribution in [0.4, 0.5) is 10.8 Å². The number of thiazole rings is 2. The van der Waals surface area contributed by atoms with Gasteiger partial charge in [-0.1, -0.05) is 36.4 Å². The van der Waals surface area contributed by atoms with Gasteiger partial charge in [0.15, 0.2) is 5.13 Å². The van der Waals surface area contributed by atoms with Crippen LogP contribution in [0.25, 0.3) is 10.6 Å². The maximum atomic E-state index is 11.8. The van der Waals surface area contributed by atoms with Crippen LogP contribution in [0.15, 0.2) is 59.3 Å². The second-order valence-corrected chi connectivity index (χ2v) is 10.5. The van der Waals surface area contributed by atoms with Gasteiger partial charge in [-0.05, 0) is 37.1 Å². The van der Waals surface area contributed by atoms with Gasteiger partial charge in [-0.2, -0.15) is 8.42 Å². The summed E-state index contributed by atoms with van der Waals surface area (Å²) in [5.74, 6) is -0.328. The first kappa shape index (κ1) is 25.8. The molecular weight excluding hydrogens is 520 g/mol. The van der Waals surface area contributed by atoms with Crippen LogP contribution in [-0.2, 0) is 32.7 Å². The standard InChI is InChI=1S/C24H23N4O5S3/c1-2-33-22(29)13-19-14-35-24(25-19)27-20(12-16-8-10-18(11-9-16)28-36(30,31)32)21-15-34-23(26-21)17-6-4-3-5-7-17/h3-8,10-11,14-15,20,28H,2,12-13H2,1H3,(H,25,27)(H,30,31,32). The van der Waals surface area contributed by atoms with Gasteiger partial charge in [-0.25, -0.2) is 9.97 Å². The lowest BCUT2D eigenvalue weighted by Gasteiger charge is -2.17. The molecule has 0 aliphatic rings. The van der Waals surface area contributed by atoms with E-state index < -0.39 is 10.3 Å². The number of anilines is 2. The van der Waals surface area contributed by atoms with E-state index in [9.17, 15) is 13.2 Å². The SMILES string of the molecule is CCOC(=O)Cc1csc(NC(Cc2[c]cc(NS(=O)(=O)O)cc2)c2csc(-c3ccccc3)n2)n1. The molecule has 2 aromatic carbocycles. The second-order valence-electron chi connectivity index (χ2n) is 7.65. The van der Waals surface area contributed by atoms with Crippen molar-refractivity contribution in [3.63, 3.8) is 0 Å². The highest BCUT2D eigenvalue weighted by molar-refractivity contribution is 7.87. The van der Waals surface area contributed by atoms with E-state index in [-0.39, 0.29) is 24.1 Å². The van der Waals surface area contributed by atoms with Crippen LogP contribution in [0.3, 0.4) is 0 Å². The summed E-state index contributed by atoms with van der Waals surface area (Å²) < 4.78 is 38.1. The third kappa shape index (κ3) is 7.34. The number of aromatic nitrogens is 2. The predicted molar refractivity (Wildman–Crippen MR) is 141 cm³/mol. The average molecular weight is 544 g/mol. The number of hydrogen-bond donors (Lipinski definition) is 3. The Morgan fingerprint density at radius 2 is 1.94 bits per heavy atom. The highest BCUT2D eigenvalue weighted by atomic mass is 32.2. The van der Waals surface area contributed by atoms with Crippen LogP contribution < -0.4 is 10.0 Å². The molecule has 0 fully saturated rings. The molecule has 1 unspecified atom stereocenters. The molecule has 0 bridgehead atoms. The molecule has 0 amide bonds. The van der Waals surface area contributed by atoms with E-state index in [1.807, 2.05) is 45.8 Å². The first-order chi connectivity index (χ1) is 17.3. The van der Waals surface area contributed by atoms with Crippen molar-refractivity contribution in [1.82, 2.24) is 9.97 Å². The van der Waals surface area contributed by atoms with Gasteiger partial charge in [0.25, 0.3) is 0 Å². The molecule has 0 saturated heterocycles. The molecule has 0 aliphatic carbocycles. The Hall–Kier alpha value is -3.32. The molecule has 187 valence electrons. The Morgan fingerprint density at radius 1 is 1.14 bits per heavy atom. The van der Waals surface area contributed by atoms with Gasteiger partial charge in [-0.3, -0.25) is 14.1 Å². The summed E-state index contributed by atoms with van der Waals surface area (Å²) in [5.41, 5.74) is 3.45. The molecular formula is C24H23N4O5S3. The summed E-state index contributed by atoms with van der Waals surface area (Å²) in [6, 6.07) is 17.4. The van der Waals surface area contributed by atoms with E-state index in [0.717, 1.165) is 21.8 Å². The monoisotopic (exact) mass is 543 g/mol. The zero-order valence-electron chi connectivity index (χ0n) is 19.2. The lowest BCUT2D eigenvalue weighted by atomic mass is 10.0. The Balaban J connectivity index is 1.56. The summed E-state index contributed by atoms with van der Waals surface area (Å²) in [4.78, 5) is 21.2. The summed E-state index contributed by atoms with van der Waals surface area (Å²) in [5, 5.41) is 8.74. The topological polar surface area (TPSA) is 131 Å². The molecule has 9 nitrogen and oxygen atoms in total. The molecule has 2 aromatic heterocycles. The lowest BCUT2D eigenvalue weighted by molar-refractivity contribution is -0.142. The Labute approximate surface area is 217 Å². The van der Waals surface area contributed by atoms with Crippen LogP contribution >= 0.6 is 22.7 Å². The Bertz CT molecular complexity index is 1400. The minimum atomic E-state index is -4.36.